The highest BCUT2D eigenvalue weighted by molar-refractivity contribution is 5.93. The molecule has 19 heavy (non-hydrogen) atoms. The molecule has 0 unspecified atom stereocenters. The summed E-state index contributed by atoms with van der Waals surface area (Å²) in [4.78, 5) is 12.2. The third kappa shape index (κ3) is 2.12. The molecule has 5 heteroatoms. The minimum Gasteiger partial charge on any atom is -0.341 e. The number of carbonyl (C=O) groups excluding carboxylic acids is 1. The van der Waals surface area contributed by atoms with Crippen LogP contribution in [0.2, 0.25) is 0 Å². The summed E-state index contributed by atoms with van der Waals surface area (Å²) in [5.41, 5.74) is 1.13. The molecule has 1 aliphatic rings. The van der Waals surface area contributed by atoms with Crippen LogP contribution >= 0.6 is 0 Å². The summed E-state index contributed by atoms with van der Waals surface area (Å²) in [7, 11) is 1.73. The average Bonchev–Trinajstić information content (AvgIpc) is 3.03. The minimum atomic E-state index is -0.338. The number of nitrogens with one attached hydrogen (secondary N) is 1. The number of benzene rings is 1. The Morgan fingerprint density at radius 1 is 1.32 bits per heavy atom. The zero-order valence-electron chi connectivity index (χ0n) is 10.6. The van der Waals surface area contributed by atoms with E-state index in [-0.39, 0.29) is 17.3 Å². The molecule has 0 bridgehead atoms. The van der Waals surface area contributed by atoms with Crippen LogP contribution in [-0.2, 0) is 12.6 Å². The third-order valence-corrected chi connectivity index (χ3v) is 3.55. The summed E-state index contributed by atoms with van der Waals surface area (Å²) in [6.45, 7) is 0. The van der Waals surface area contributed by atoms with Crippen molar-refractivity contribution in [3.05, 3.63) is 53.6 Å². The smallest absolute Gasteiger partial charge is 0.270 e. The van der Waals surface area contributed by atoms with Gasteiger partial charge in [0.05, 0.1) is 5.54 Å². The fourth-order valence-corrected chi connectivity index (χ4v) is 2.26. The van der Waals surface area contributed by atoms with E-state index in [0.717, 1.165) is 18.4 Å². The predicted octanol–water partition coefficient (Wildman–Crippen LogP) is 1.98. The second-order valence-electron chi connectivity index (χ2n) is 4.88. The number of halogens is 1. The maximum absolute atomic E-state index is 12.9. The SMILES string of the molecule is Cn1nccc1C(=O)NC1(c2ccc(F)cc2)CC1. The van der Waals surface area contributed by atoms with Crippen LogP contribution in [0.25, 0.3) is 0 Å². The van der Waals surface area contributed by atoms with Gasteiger partial charge >= 0.3 is 0 Å². The first kappa shape index (κ1) is 11.9. The van der Waals surface area contributed by atoms with Crippen LogP contribution in [0.15, 0.2) is 36.5 Å². The Morgan fingerprint density at radius 3 is 2.53 bits per heavy atom. The van der Waals surface area contributed by atoms with Gasteiger partial charge in [0.1, 0.15) is 11.5 Å². The Bertz CT molecular complexity index is 614. The van der Waals surface area contributed by atoms with Crippen molar-refractivity contribution >= 4 is 5.91 Å². The Balaban J connectivity index is 1.81. The van der Waals surface area contributed by atoms with Gasteiger partial charge in [0.15, 0.2) is 0 Å². The molecule has 0 atom stereocenters. The van der Waals surface area contributed by atoms with Crippen molar-refractivity contribution in [1.82, 2.24) is 15.1 Å². The highest BCUT2D eigenvalue weighted by atomic mass is 19.1. The summed E-state index contributed by atoms with van der Waals surface area (Å²) in [5, 5.41) is 7.00. The number of nitrogens with zero attached hydrogens (tertiary/aromatic N) is 2. The Hall–Kier alpha value is -2.17. The quantitative estimate of drug-likeness (QED) is 0.916. The van der Waals surface area contributed by atoms with E-state index in [2.05, 4.69) is 10.4 Å². The van der Waals surface area contributed by atoms with Gasteiger partial charge in [0, 0.05) is 13.2 Å². The van der Waals surface area contributed by atoms with E-state index in [1.165, 1.54) is 16.8 Å². The lowest BCUT2D eigenvalue weighted by Crippen LogP contribution is -2.35. The summed E-state index contributed by atoms with van der Waals surface area (Å²) in [6.07, 6.45) is 3.34. The summed E-state index contributed by atoms with van der Waals surface area (Å²) in [5.74, 6) is -0.417. The first-order chi connectivity index (χ1) is 9.11. The van der Waals surface area contributed by atoms with Crippen molar-refractivity contribution in [2.45, 2.75) is 18.4 Å². The standard InChI is InChI=1S/C14H14FN3O/c1-18-12(6-9-16-18)13(19)17-14(7-8-14)10-2-4-11(15)5-3-10/h2-6,9H,7-8H2,1H3,(H,17,19). The largest absolute Gasteiger partial charge is 0.341 e. The van der Waals surface area contributed by atoms with Crippen molar-refractivity contribution in [2.75, 3.05) is 0 Å². The number of rotatable bonds is 3. The van der Waals surface area contributed by atoms with Crippen molar-refractivity contribution in [3.8, 4) is 0 Å². The molecule has 1 aromatic carbocycles. The first-order valence-corrected chi connectivity index (χ1v) is 6.17. The number of amides is 1. The molecule has 0 saturated heterocycles. The zero-order valence-corrected chi connectivity index (χ0v) is 10.6. The minimum absolute atomic E-state index is 0.151. The fraction of sp³-hybridized carbons (Fsp3) is 0.286. The van der Waals surface area contributed by atoms with E-state index in [1.807, 2.05) is 0 Å². The maximum Gasteiger partial charge on any atom is 0.270 e. The normalized spacial score (nSPS) is 16.1. The lowest BCUT2D eigenvalue weighted by molar-refractivity contribution is 0.0921. The molecular weight excluding hydrogens is 245 g/mol. The van der Waals surface area contributed by atoms with Crippen LogP contribution in [0.5, 0.6) is 0 Å². The summed E-state index contributed by atoms with van der Waals surface area (Å²) in [6, 6.07) is 7.98. The lowest BCUT2D eigenvalue weighted by atomic mass is 10.0. The van der Waals surface area contributed by atoms with Gasteiger partial charge in [-0.3, -0.25) is 9.48 Å². The summed E-state index contributed by atoms with van der Waals surface area (Å²) < 4.78 is 14.5. The van der Waals surface area contributed by atoms with Gasteiger partial charge in [-0.15, -0.1) is 0 Å². The van der Waals surface area contributed by atoms with E-state index in [9.17, 15) is 9.18 Å². The Morgan fingerprint density at radius 2 is 2.00 bits per heavy atom. The lowest BCUT2D eigenvalue weighted by Gasteiger charge is -2.18. The van der Waals surface area contributed by atoms with Gasteiger partial charge in [-0.25, -0.2) is 4.39 Å². The molecule has 0 radical (unpaired) electrons. The van der Waals surface area contributed by atoms with Crippen molar-refractivity contribution in [1.29, 1.82) is 0 Å². The van der Waals surface area contributed by atoms with E-state index in [4.69, 9.17) is 0 Å². The van der Waals surface area contributed by atoms with Crippen molar-refractivity contribution in [3.63, 3.8) is 0 Å². The molecule has 0 spiro atoms. The molecule has 2 aromatic rings. The molecule has 1 N–H and O–H groups in total. The molecule has 0 aliphatic heterocycles. The second kappa shape index (κ2) is 4.19. The first-order valence-electron chi connectivity index (χ1n) is 6.17. The highest BCUT2D eigenvalue weighted by Crippen LogP contribution is 2.45. The van der Waals surface area contributed by atoms with E-state index in [1.54, 1.807) is 31.4 Å². The van der Waals surface area contributed by atoms with Crippen LogP contribution in [-0.4, -0.2) is 15.7 Å². The molecular formula is C14H14FN3O. The fourth-order valence-electron chi connectivity index (χ4n) is 2.26. The number of carbonyl (C=O) groups is 1. The topological polar surface area (TPSA) is 46.9 Å². The molecule has 1 aromatic heterocycles. The van der Waals surface area contributed by atoms with Gasteiger partial charge in [0.25, 0.3) is 5.91 Å². The Labute approximate surface area is 110 Å². The van der Waals surface area contributed by atoms with Crippen LogP contribution in [0.1, 0.15) is 28.9 Å². The molecule has 98 valence electrons. The van der Waals surface area contributed by atoms with Crippen LogP contribution in [0.4, 0.5) is 4.39 Å². The third-order valence-electron chi connectivity index (χ3n) is 3.55. The van der Waals surface area contributed by atoms with Gasteiger partial charge in [0.2, 0.25) is 0 Å². The van der Waals surface area contributed by atoms with Crippen molar-refractivity contribution in [2.24, 2.45) is 7.05 Å². The molecule has 3 rings (SSSR count). The molecule has 1 amide bonds. The van der Waals surface area contributed by atoms with Gasteiger partial charge in [-0.1, -0.05) is 12.1 Å². The second-order valence-corrected chi connectivity index (χ2v) is 4.88. The number of hydrogen-bond acceptors (Lipinski definition) is 2. The predicted molar refractivity (Wildman–Crippen MR) is 68.0 cm³/mol. The van der Waals surface area contributed by atoms with Gasteiger partial charge < -0.3 is 5.32 Å². The molecule has 1 saturated carbocycles. The van der Waals surface area contributed by atoms with E-state index >= 15 is 0 Å². The van der Waals surface area contributed by atoms with Gasteiger partial charge in [-0.2, -0.15) is 5.10 Å². The molecule has 4 nitrogen and oxygen atoms in total. The van der Waals surface area contributed by atoms with Crippen LogP contribution in [0, 0.1) is 5.82 Å². The Kier molecular flexibility index (Phi) is 2.62. The highest BCUT2D eigenvalue weighted by Gasteiger charge is 2.45. The van der Waals surface area contributed by atoms with Crippen LogP contribution in [0.3, 0.4) is 0 Å². The number of aromatic nitrogens is 2. The number of aryl methyl sites for hydroxylation is 1. The molecule has 1 aliphatic carbocycles. The van der Waals surface area contributed by atoms with Gasteiger partial charge in [-0.05, 0) is 36.6 Å². The van der Waals surface area contributed by atoms with E-state index < -0.39 is 0 Å². The van der Waals surface area contributed by atoms with Crippen LogP contribution < -0.4 is 5.32 Å². The summed E-state index contributed by atoms with van der Waals surface area (Å²) >= 11 is 0. The molecule has 1 heterocycles. The monoisotopic (exact) mass is 259 g/mol. The molecule has 1 fully saturated rings. The number of hydrogen-bond donors (Lipinski definition) is 1. The van der Waals surface area contributed by atoms with Crippen molar-refractivity contribution < 1.29 is 9.18 Å². The van der Waals surface area contributed by atoms with E-state index in [0.29, 0.717) is 5.69 Å². The maximum atomic E-state index is 12.9. The average molecular weight is 259 g/mol. The zero-order chi connectivity index (χ0) is 13.5.